The Morgan fingerprint density at radius 1 is 0.606 bits per heavy atom. The normalized spacial score (nSPS) is 12.7. The minimum Gasteiger partial charge on any atom is -0.478 e. The summed E-state index contributed by atoms with van der Waals surface area (Å²) in [6, 6.07) is 0. The zero-order valence-electron chi connectivity index (χ0n) is 20.7. The summed E-state index contributed by atoms with van der Waals surface area (Å²) in [5, 5.41) is 18.7. The van der Waals surface area contributed by atoms with Crippen LogP contribution in [-0.4, -0.2) is 27.9 Å². The Morgan fingerprint density at radius 3 is 1.64 bits per heavy atom. The first kappa shape index (κ1) is 30.6. The summed E-state index contributed by atoms with van der Waals surface area (Å²) in [6.45, 7) is 4.19. The van der Waals surface area contributed by atoms with E-state index in [-0.39, 0.29) is 5.78 Å². The van der Waals surface area contributed by atoms with Crippen LogP contribution in [0.3, 0.4) is 0 Å². The number of aliphatic carboxylic acids is 2. The molecule has 0 aliphatic carbocycles. The number of allylic oxidation sites excluding steroid dienone is 6. The van der Waals surface area contributed by atoms with E-state index in [9.17, 15) is 24.6 Å². The lowest BCUT2D eigenvalue weighted by Gasteiger charge is -2.04. The van der Waals surface area contributed by atoms with Crippen molar-refractivity contribution in [2.45, 2.75) is 110 Å². The van der Waals surface area contributed by atoms with Crippen molar-refractivity contribution in [1.29, 1.82) is 0 Å². The SMILES string of the molecule is CCCCC/C=C/C=C(\CCCCCCCC/C(=C\C=C\C(=O)CCCC)C(=O)O)C(=O)O. The van der Waals surface area contributed by atoms with Gasteiger partial charge in [-0.15, -0.1) is 0 Å². The van der Waals surface area contributed by atoms with E-state index in [1.54, 1.807) is 12.2 Å². The molecule has 0 fully saturated rings. The molecule has 0 saturated heterocycles. The van der Waals surface area contributed by atoms with Crippen molar-refractivity contribution in [3.63, 3.8) is 0 Å². The van der Waals surface area contributed by atoms with Crippen molar-refractivity contribution in [2.24, 2.45) is 0 Å². The van der Waals surface area contributed by atoms with Gasteiger partial charge in [-0.1, -0.05) is 89.2 Å². The molecule has 0 aliphatic heterocycles. The number of rotatable bonds is 21. The monoisotopic (exact) mass is 460 g/mol. The van der Waals surface area contributed by atoms with Gasteiger partial charge >= 0.3 is 11.9 Å². The van der Waals surface area contributed by atoms with Gasteiger partial charge in [-0.2, -0.15) is 0 Å². The second-order valence-electron chi connectivity index (χ2n) is 8.47. The van der Waals surface area contributed by atoms with Crippen LogP contribution in [-0.2, 0) is 14.4 Å². The number of carboxylic acid groups (broad SMARTS) is 2. The minimum atomic E-state index is -0.937. The molecule has 5 nitrogen and oxygen atoms in total. The lowest BCUT2D eigenvalue weighted by molar-refractivity contribution is -0.133. The largest absolute Gasteiger partial charge is 0.478 e. The van der Waals surface area contributed by atoms with Crippen molar-refractivity contribution in [1.82, 2.24) is 0 Å². The van der Waals surface area contributed by atoms with Gasteiger partial charge in [0, 0.05) is 17.6 Å². The van der Waals surface area contributed by atoms with Crippen LogP contribution in [0.1, 0.15) is 110 Å². The van der Waals surface area contributed by atoms with Crippen molar-refractivity contribution in [2.75, 3.05) is 0 Å². The average molecular weight is 461 g/mol. The van der Waals surface area contributed by atoms with E-state index >= 15 is 0 Å². The van der Waals surface area contributed by atoms with Crippen LogP contribution < -0.4 is 0 Å². The molecule has 2 N–H and O–H groups in total. The van der Waals surface area contributed by atoms with Gasteiger partial charge in [0.15, 0.2) is 5.78 Å². The van der Waals surface area contributed by atoms with Crippen LogP contribution in [0.4, 0.5) is 0 Å². The number of carboxylic acids is 2. The van der Waals surface area contributed by atoms with Crippen LogP contribution in [0.5, 0.6) is 0 Å². The van der Waals surface area contributed by atoms with E-state index in [0.717, 1.165) is 64.2 Å². The Bertz CT molecular complexity index is 682. The molecule has 0 atom stereocenters. The van der Waals surface area contributed by atoms with Gasteiger partial charge in [-0.05, 0) is 51.0 Å². The third-order valence-electron chi connectivity index (χ3n) is 5.46. The lowest BCUT2D eigenvalue weighted by atomic mass is 10.0. The molecule has 0 bridgehead atoms. The molecule has 0 amide bonds. The summed E-state index contributed by atoms with van der Waals surface area (Å²) >= 11 is 0. The standard InChI is InChI=1S/C28H44O5/c1-3-5-7-8-11-14-18-24(27(30)31)19-15-12-9-10-13-16-20-25(28(32)33)21-17-23-26(29)22-6-4-2/h11,14,17-18,21,23H,3-10,12-13,15-16,19-20,22H2,1-2H3,(H,30,31)(H,32,33)/b14-11+,23-17+,24-18+,25-21+. The predicted octanol–water partition coefficient (Wildman–Crippen LogP) is 7.58. The first-order chi connectivity index (χ1) is 15.9. The first-order valence-electron chi connectivity index (χ1n) is 12.6. The molecule has 0 aromatic heterocycles. The smallest absolute Gasteiger partial charge is 0.331 e. The van der Waals surface area contributed by atoms with Crippen LogP contribution >= 0.6 is 0 Å². The highest BCUT2D eigenvalue weighted by Gasteiger charge is 2.07. The summed E-state index contributed by atoms with van der Waals surface area (Å²) in [4.78, 5) is 34.4. The van der Waals surface area contributed by atoms with Crippen LogP contribution in [0.2, 0.25) is 0 Å². The molecule has 0 spiro atoms. The van der Waals surface area contributed by atoms with Gasteiger partial charge in [0.1, 0.15) is 0 Å². The van der Waals surface area contributed by atoms with Crippen LogP contribution in [0, 0.1) is 0 Å². The van der Waals surface area contributed by atoms with Crippen molar-refractivity contribution < 1.29 is 24.6 Å². The third-order valence-corrected chi connectivity index (χ3v) is 5.46. The second-order valence-corrected chi connectivity index (χ2v) is 8.47. The third kappa shape index (κ3) is 18.8. The Hall–Kier alpha value is -2.43. The minimum absolute atomic E-state index is 0.0294. The molecule has 0 saturated carbocycles. The van der Waals surface area contributed by atoms with Crippen molar-refractivity contribution in [3.8, 4) is 0 Å². The molecule has 0 radical (unpaired) electrons. The quantitative estimate of drug-likeness (QED) is 0.105. The number of ketones is 1. The Morgan fingerprint density at radius 2 is 1.12 bits per heavy atom. The van der Waals surface area contributed by atoms with E-state index in [1.807, 2.05) is 19.1 Å². The average Bonchev–Trinajstić information content (AvgIpc) is 2.78. The molecular weight excluding hydrogens is 416 g/mol. The Labute approximate surface area is 200 Å². The molecule has 0 unspecified atom stereocenters. The van der Waals surface area contributed by atoms with Gasteiger partial charge in [0.2, 0.25) is 0 Å². The number of carbonyl (C=O) groups is 3. The van der Waals surface area contributed by atoms with E-state index in [4.69, 9.17) is 0 Å². The highest BCUT2D eigenvalue weighted by atomic mass is 16.4. The highest BCUT2D eigenvalue weighted by Crippen LogP contribution is 2.15. The molecule has 0 rings (SSSR count). The number of hydrogen-bond donors (Lipinski definition) is 2. The summed E-state index contributed by atoms with van der Waals surface area (Å²) in [5.74, 6) is -1.75. The molecular formula is C28H44O5. The molecule has 0 aliphatic rings. The Balaban J connectivity index is 4.13. The van der Waals surface area contributed by atoms with E-state index in [1.165, 1.54) is 25.0 Å². The fourth-order valence-corrected chi connectivity index (χ4v) is 3.36. The highest BCUT2D eigenvalue weighted by molar-refractivity contribution is 5.91. The number of hydrogen-bond acceptors (Lipinski definition) is 3. The molecule has 0 aromatic carbocycles. The molecule has 0 heterocycles. The zero-order valence-corrected chi connectivity index (χ0v) is 20.7. The Kier molecular flexibility index (Phi) is 19.8. The summed E-state index contributed by atoms with van der Waals surface area (Å²) in [5.41, 5.74) is 0.785. The second kappa shape index (κ2) is 21.4. The summed E-state index contributed by atoms with van der Waals surface area (Å²) in [7, 11) is 0. The molecule has 0 aromatic rings. The molecule has 186 valence electrons. The zero-order chi connectivity index (χ0) is 24.7. The van der Waals surface area contributed by atoms with Gasteiger partial charge in [-0.3, -0.25) is 4.79 Å². The van der Waals surface area contributed by atoms with Crippen molar-refractivity contribution in [3.05, 3.63) is 47.6 Å². The number of unbranched alkanes of at least 4 members (excludes halogenated alkanes) is 9. The lowest BCUT2D eigenvalue weighted by Crippen LogP contribution is -2.01. The summed E-state index contributed by atoms with van der Waals surface area (Å²) < 4.78 is 0. The molecule has 33 heavy (non-hydrogen) atoms. The van der Waals surface area contributed by atoms with Crippen LogP contribution in [0.15, 0.2) is 47.6 Å². The van der Waals surface area contributed by atoms with E-state index < -0.39 is 11.9 Å². The van der Waals surface area contributed by atoms with Crippen LogP contribution in [0.25, 0.3) is 0 Å². The summed E-state index contributed by atoms with van der Waals surface area (Å²) in [6.07, 6.45) is 23.6. The first-order valence-corrected chi connectivity index (χ1v) is 12.6. The van der Waals surface area contributed by atoms with Gasteiger partial charge < -0.3 is 10.2 Å². The van der Waals surface area contributed by atoms with Gasteiger partial charge in [0.25, 0.3) is 0 Å². The number of carbonyl (C=O) groups excluding carboxylic acids is 1. The maximum Gasteiger partial charge on any atom is 0.331 e. The predicted molar refractivity (Wildman–Crippen MR) is 135 cm³/mol. The maximum absolute atomic E-state index is 11.6. The fraction of sp³-hybridized carbons (Fsp3) is 0.607. The van der Waals surface area contributed by atoms with Crippen molar-refractivity contribution >= 4 is 17.7 Å². The van der Waals surface area contributed by atoms with E-state index in [2.05, 4.69) is 6.92 Å². The van der Waals surface area contributed by atoms with Gasteiger partial charge in [0.05, 0.1) is 0 Å². The van der Waals surface area contributed by atoms with Gasteiger partial charge in [-0.25, -0.2) is 9.59 Å². The van der Waals surface area contributed by atoms with E-state index in [0.29, 0.717) is 30.4 Å². The topological polar surface area (TPSA) is 91.7 Å². The fourth-order valence-electron chi connectivity index (χ4n) is 3.36. The molecule has 5 heteroatoms. The maximum atomic E-state index is 11.6.